The summed E-state index contributed by atoms with van der Waals surface area (Å²) in [5.41, 5.74) is 0.438. The zero-order valence-electron chi connectivity index (χ0n) is 9.21. The molecule has 1 heterocycles. The van der Waals surface area contributed by atoms with Crippen LogP contribution in [0.5, 0.6) is 0 Å². The maximum atomic E-state index is 11.7. The molecule has 2 rings (SSSR count). The van der Waals surface area contributed by atoms with Crippen LogP contribution in [0.3, 0.4) is 0 Å². The Morgan fingerprint density at radius 2 is 2.06 bits per heavy atom. The average molecular weight is 233 g/mol. The summed E-state index contributed by atoms with van der Waals surface area (Å²) in [5.74, 6) is -1.16. The van der Waals surface area contributed by atoms with Crippen molar-refractivity contribution in [2.24, 2.45) is 0 Å². The molecule has 0 unspecified atom stereocenters. The number of hydrogen-bond donors (Lipinski definition) is 1. The zero-order valence-corrected chi connectivity index (χ0v) is 9.21. The van der Waals surface area contributed by atoms with Crippen LogP contribution >= 0.6 is 0 Å². The number of fused-ring (bicyclic) bond motifs is 1. The lowest BCUT2D eigenvalue weighted by Gasteiger charge is -2.06. The number of para-hydroxylation sites is 1. The molecule has 2 aromatic rings. The van der Waals surface area contributed by atoms with Crippen LogP contribution in [0, 0.1) is 0 Å². The predicted octanol–water partition coefficient (Wildman–Crippen LogP) is 2.34. The SMILES string of the molecule is CCOC(=O)n1c(C(=O)O)cc2ccccc21. The van der Waals surface area contributed by atoms with Gasteiger partial charge in [-0.1, -0.05) is 18.2 Å². The lowest BCUT2D eigenvalue weighted by Crippen LogP contribution is -2.18. The van der Waals surface area contributed by atoms with Crippen molar-refractivity contribution in [3.8, 4) is 0 Å². The van der Waals surface area contributed by atoms with E-state index < -0.39 is 12.1 Å². The molecule has 0 aliphatic heterocycles. The Morgan fingerprint density at radius 1 is 1.35 bits per heavy atom. The number of carboxylic acid groups (broad SMARTS) is 1. The highest BCUT2D eigenvalue weighted by Crippen LogP contribution is 2.20. The number of hydrogen-bond acceptors (Lipinski definition) is 3. The summed E-state index contributed by atoms with van der Waals surface area (Å²) < 4.78 is 5.92. The minimum absolute atomic E-state index is 0.0929. The summed E-state index contributed by atoms with van der Waals surface area (Å²) >= 11 is 0. The Labute approximate surface area is 97.2 Å². The second-order valence-corrected chi connectivity index (χ2v) is 3.43. The minimum atomic E-state index is -1.16. The summed E-state index contributed by atoms with van der Waals surface area (Å²) in [4.78, 5) is 22.8. The van der Waals surface area contributed by atoms with Gasteiger partial charge in [0.05, 0.1) is 12.1 Å². The Kier molecular flexibility index (Phi) is 2.82. The van der Waals surface area contributed by atoms with E-state index in [4.69, 9.17) is 9.84 Å². The largest absolute Gasteiger partial charge is 0.477 e. The second kappa shape index (κ2) is 4.29. The number of carboxylic acids is 1. The number of ether oxygens (including phenoxy) is 1. The first-order valence-electron chi connectivity index (χ1n) is 5.16. The number of benzene rings is 1. The summed E-state index contributed by atoms with van der Waals surface area (Å²) in [6.07, 6.45) is -0.675. The average Bonchev–Trinajstić information content (AvgIpc) is 2.68. The van der Waals surface area contributed by atoms with Crippen LogP contribution in [0.4, 0.5) is 4.79 Å². The molecule has 0 radical (unpaired) electrons. The molecule has 17 heavy (non-hydrogen) atoms. The Balaban J connectivity index is 2.68. The van der Waals surface area contributed by atoms with Crippen LogP contribution in [-0.2, 0) is 4.74 Å². The number of carbonyl (C=O) groups excluding carboxylic acids is 1. The first-order chi connectivity index (χ1) is 8.15. The number of aromatic carboxylic acids is 1. The van der Waals surface area contributed by atoms with Gasteiger partial charge in [0.2, 0.25) is 0 Å². The summed E-state index contributed by atoms with van der Waals surface area (Å²) in [7, 11) is 0. The molecule has 0 atom stereocenters. The smallest absolute Gasteiger partial charge is 0.419 e. The molecule has 0 aliphatic carbocycles. The Morgan fingerprint density at radius 3 is 2.71 bits per heavy atom. The van der Waals surface area contributed by atoms with Gasteiger partial charge in [0.25, 0.3) is 0 Å². The molecular formula is C12H11NO4. The molecule has 5 nitrogen and oxygen atoms in total. The zero-order chi connectivity index (χ0) is 12.4. The summed E-state index contributed by atoms with van der Waals surface area (Å²) in [5, 5.41) is 9.75. The van der Waals surface area contributed by atoms with E-state index in [1.54, 1.807) is 31.2 Å². The van der Waals surface area contributed by atoms with Gasteiger partial charge in [-0.3, -0.25) is 0 Å². The molecule has 0 amide bonds. The number of carbonyl (C=O) groups is 2. The molecule has 88 valence electrons. The maximum Gasteiger partial charge on any atom is 0.419 e. The van der Waals surface area contributed by atoms with Crippen LogP contribution < -0.4 is 0 Å². The van der Waals surface area contributed by atoms with Gasteiger partial charge in [0, 0.05) is 5.39 Å². The molecule has 1 aromatic heterocycles. The van der Waals surface area contributed by atoms with Crippen LogP contribution in [-0.4, -0.2) is 28.3 Å². The fraction of sp³-hybridized carbons (Fsp3) is 0.167. The van der Waals surface area contributed by atoms with Crippen LogP contribution in [0.25, 0.3) is 10.9 Å². The standard InChI is InChI=1S/C12H11NO4/c1-2-17-12(16)13-9-6-4-3-5-8(9)7-10(13)11(14)15/h3-7H,2H2,1H3,(H,14,15). The highest BCUT2D eigenvalue weighted by Gasteiger charge is 2.19. The van der Waals surface area contributed by atoms with Crippen molar-refractivity contribution in [2.75, 3.05) is 6.61 Å². The van der Waals surface area contributed by atoms with Crippen molar-refractivity contribution in [3.05, 3.63) is 36.0 Å². The van der Waals surface area contributed by atoms with E-state index in [-0.39, 0.29) is 12.3 Å². The van der Waals surface area contributed by atoms with E-state index in [9.17, 15) is 9.59 Å². The normalized spacial score (nSPS) is 10.4. The monoisotopic (exact) mass is 233 g/mol. The fourth-order valence-electron chi connectivity index (χ4n) is 1.70. The first-order valence-corrected chi connectivity index (χ1v) is 5.16. The Bertz CT molecular complexity index is 585. The van der Waals surface area contributed by atoms with E-state index in [1.165, 1.54) is 6.07 Å². The van der Waals surface area contributed by atoms with E-state index in [2.05, 4.69) is 0 Å². The van der Waals surface area contributed by atoms with Gasteiger partial charge < -0.3 is 9.84 Å². The van der Waals surface area contributed by atoms with Gasteiger partial charge in [0.15, 0.2) is 0 Å². The Hall–Kier alpha value is -2.30. The van der Waals surface area contributed by atoms with E-state index in [0.717, 1.165) is 4.57 Å². The molecule has 0 bridgehead atoms. The van der Waals surface area contributed by atoms with E-state index >= 15 is 0 Å². The van der Waals surface area contributed by atoms with Crippen LogP contribution in [0.1, 0.15) is 17.4 Å². The third-order valence-electron chi connectivity index (χ3n) is 2.38. The maximum absolute atomic E-state index is 11.7. The van der Waals surface area contributed by atoms with Crippen molar-refractivity contribution in [3.63, 3.8) is 0 Å². The first kappa shape index (κ1) is 11.2. The second-order valence-electron chi connectivity index (χ2n) is 3.43. The van der Waals surface area contributed by atoms with Gasteiger partial charge in [-0.05, 0) is 19.1 Å². The summed E-state index contributed by atoms with van der Waals surface area (Å²) in [6, 6.07) is 8.40. The lowest BCUT2D eigenvalue weighted by molar-refractivity contribution is 0.0682. The molecule has 0 fully saturated rings. The van der Waals surface area contributed by atoms with Crippen molar-refractivity contribution in [1.29, 1.82) is 0 Å². The van der Waals surface area contributed by atoms with Crippen molar-refractivity contribution in [1.82, 2.24) is 4.57 Å². The molecule has 5 heteroatoms. The molecule has 1 aromatic carbocycles. The number of nitrogens with zero attached hydrogens (tertiary/aromatic N) is 1. The van der Waals surface area contributed by atoms with Crippen molar-refractivity contribution >= 4 is 23.0 Å². The molecule has 0 saturated heterocycles. The van der Waals surface area contributed by atoms with Gasteiger partial charge in [0.1, 0.15) is 5.69 Å². The third-order valence-corrected chi connectivity index (χ3v) is 2.38. The highest BCUT2D eigenvalue weighted by molar-refractivity contribution is 6.00. The van der Waals surface area contributed by atoms with Crippen LogP contribution in [0.15, 0.2) is 30.3 Å². The third kappa shape index (κ3) is 1.87. The minimum Gasteiger partial charge on any atom is -0.477 e. The van der Waals surface area contributed by atoms with Gasteiger partial charge >= 0.3 is 12.1 Å². The number of aromatic nitrogens is 1. The predicted molar refractivity (Wildman–Crippen MR) is 61.3 cm³/mol. The topological polar surface area (TPSA) is 68.5 Å². The van der Waals surface area contributed by atoms with E-state index in [1.807, 2.05) is 0 Å². The number of rotatable bonds is 2. The van der Waals surface area contributed by atoms with Crippen molar-refractivity contribution in [2.45, 2.75) is 6.92 Å². The lowest BCUT2D eigenvalue weighted by atomic mass is 10.2. The fourth-order valence-corrected chi connectivity index (χ4v) is 1.70. The van der Waals surface area contributed by atoms with E-state index in [0.29, 0.717) is 10.9 Å². The molecule has 0 saturated carbocycles. The quantitative estimate of drug-likeness (QED) is 0.864. The van der Waals surface area contributed by atoms with Gasteiger partial charge in [-0.15, -0.1) is 0 Å². The summed E-state index contributed by atoms with van der Waals surface area (Å²) in [6.45, 7) is 1.87. The molecule has 1 N–H and O–H groups in total. The molecule has 0 aliphatic rings. The molecular weight excluding hydrogens is 222 g/mol. The van der Waals surface area contributed by atoms with Crippen molar-refractivity contribution < 1.29 is 19.4 Å². The highest BCUT2D eigenvalue weighted by atomic mass is 16.5. The molecule has 0 spiro atoms. The van der Waals surface area contributed by atoms with Gasteiger partial charge in [-0.2, -0.15) is 0 Å². The van der Waals surface area contributed by atoms with Crippen LogP contribution in [0.2, 0.25) is 0 Å². The van der Waals surface area contributed by atoms with Gasteiger partial charge in [-0.25, -0.2) is 14.2 Å².